The highest BCUT2D eigenvalue weighted by atomic mass is 15.1. The molecule has 12 aromatic rings. The van der Waals surface area contributed by atoms with Crippen molar-refractivity contribution in [1.29, 1.82) is 0 Å². The van der Waals surface area contributed by atoms with Gasteiger partial charge in [0.15, 0.2) is 0 Å². The second-order valence-electron chi connectivity index (χ2n) is 17.7. The van der Waals surface area contributed by atoms with E-state index in [1.54, 1.807) is 0 Å². The van der Waals surface area contributed by atoms with Crippen molar-refractivity contribution in [2.45, 2.75) is 0 Å². The Morgan fingerprint density at radius 1 is 0.171 bits per heavy atom. The SMILES string of the molecule is c1ccc(-c2ccc(N(c3ccccc3)c3ccccc3)cc2-c2ccc(-c3ccc4c(ccc5cc(-c6cc(N(c7ccccc7)c7ccccc7)ccc6-c6ccccc6)ccc54)c3)cc2)cc1. The molecule has 12 aromatic carbocycles. The van der Waals surface area contributed by atoms with Crippen molar-refractivity contribution in [2.24, 2.45) is 0 Å². The van der Waals surface area contributed by atoms with E-state index in [0.29, 0.717) is 0 Å². The van der Waals surface area contributed by atoms with Gasteiger partial charge in [0.05, 0.1) is 0 Å². The topological polar surface area (TPSA) is 6.48 Å². The summed E-state index contributed by atoms with van der Waals surface area (Å²) in [6.07, 6.45) is 0. The number of benzene rings is 12. The summed E-state index contributed by atoms with van der Waals surface area (Å²) < 4.78 is 0. The Kier molecular flexibility index (Phi) is 11.3. The van der Waals surface area contributed by atoms with Gasteiger partial charge in [-0.15, -0.1) is 0 Å². The number of para-hydroxylation sites is 4. The number of anilines is 6. The van der Waals surface area contributed by atoms with Gasteiger partial charge in [-0.1, -0.05) is 206 Å². The molecule has 0 aliphatic heterocycles. The maximum absolute atomic E-state index is 2.36. The average Bonchev–Trinajstić information content (AvgIpc) is 3.44. The van der Waals surface area contributed by atoms with Crippen molar-refractivity contribution in [2.75, 3.05) is 9.80 Å². The monoisotopic (exact) mass is 892 g/mol. The van der Waals surface area contributed by atoms with Crippen LogP contribution in [0.2, 0.25) is 0 Å². The lowest BCUT2D eigenvalue weighted by molar-refractivity contribution is 1.28. The van der Waals surface area contributed by atoms with E-state index in [1.807, 2.05) is 0 Å². The molecule has 0 unspecified atom stereocenters. The van der Waals surface area contributed by atoms with Crippen molar-refractivity contribution in [3.63, 3.8) is 0 Å². The third kappa shape index (κ3) is 8.29. The predicted octanol–water partition coefficient (Wildman–Crippen LogP) is 19.3. The first-order valence-corrected chi connectivity index (χ1v) is 24.0. The van der Waals surface area contributed by atoms with Gasteiger partial charge in [0.25, 0.3) is 0 Å². The molecular formula is C68H48N2. The summed E-state index contributed by atoms with van der Waals surface area (Å²) in [5.74, 6) is 0. The van der Waals surface area contributed by atoms with Crippen LogP contribution in [0, 0.1) is 0 Å². The van der Waals surface area contributed by atoms with Crippen LogP contribution in [0.3, 0.4) is 0 Å². The summed E-state index contributed by atoms with van der Waals surface area (Å²) >= 11 is 0. The summed E-state index contributed by atoms with van der Waals surface area (Å²) in [4.78, 5) is 4.67. The molecule has 0 radical (unpaired) electrons. The van der Waals surface area contributed by atoms with Gasteiger partial charge in [-0.2, -0.15) is 0 Å². The molecule has 330 valence electrons. The van der Waals surface area contributed by atoms with E-state index in [1.165, 1.54) is 77.2 Å². The van der Waals surface area contributed by atoms with Crippen LogP contribution in [0.4, 0.5) is 34.1 Å². The molecule has 0 heterocycles. The number of nitrogens with zero attached hydrogens (tertiary/aromatic N) is 2. The zero-order chi connectivity index (χ0) is 46.6. The van der Waals surface area contributed by atoms with Crippen LogP contribution >= 0.6 is 0 Å². The van der Waals surface area contributed by atoms with Crippen molar-refractivity contribution in [1.82, 2.24) is 0 Å². The lowest BCUT2D eigenvalue weighted by Gasteiger charge is -2.26. The maximum Gasteiger partial charge on any atom is 0.0468 e. The molecule has 0 fully saturated rings. The number of hydrogen-bond acceptors (Lipinski definition) is 2. The second-order valence-corrected chi connectivity index (χ2v) is 17.7. The van der Waals surface area contributed by atoms with Crippen molar-refractivity contribution in [3.8, 4) is 55.6 Å². The maximum atomic E-state index is 2.36. The summed E-state index contributed by atoms with van der Waals surface area (Å²) in [6.45, 7) is 0. The standard InChI is InChI=1S/C68H48N2/c1-7-19-50(20-8-1)63-43-39-61(69(57-23-11-3-12-24-57)58-25-13-4-14-26-58)47-67(63)52-33-31-49(32-34-52)53-37-41-65-54(45-53)35-36-55-46-56(38-42-66(55)65)68-48-62(40-44-64(68)51-21-9-2-10-22-51)70(59-27-15-5-16-28-59)60-29-17-6-18-30-60/h1-48H. The minimum Gasteiger partial charge on any atom is -0.310 e. The van der Waals surface area contributed by atoms with Crippen LogP contribution in [-0.2, 0) is 0 Å². The van der Waals surface area contributed by atoms with Gasteiger partial charge in [0.1, 0.15) is 0 Å². The van der Waals surface area contributed by atoms with Crippen LogP contribution in [0.5, 0.6) is 0 Å². The second kappa shape index (κ2) is 18.8. The smallest absolute Gasteiger partial charge is 0.0468 e. The average molecular weight is 893 g/mol. The Bertz CT molecular complexity index is 3650. The highest BCUT2D eigenvalue weighted by Crippen LogP contribution is 2.44. The molecule has 0 aliphatic carbocycles. The van der Waals surface area contributed by atoms with E-state index in [4.69, 9.17) is 0 Å². The molecule has 0 N–H and O–H groups in total. The van der Waals surface area contributed by atoms with Gasteiger partial charge >= 0.3 is 0 Å². The van der Waals surface area contributed by atoms with Gasteiger partial charge in [-0.3, -0.25) is 0 Å². The molecule has 0 bridgehead atoms. The van der Waals surface area contributed by atoms with Crippen molar-refractivity contribution in [3.05, 3.63) is 291 Å². The third-order valence-corrected chi connectivity index (χ3v) is 13.4. The summed E-state index contributed by atoms with van der Waals surface area (Å²) in [5, 5.41) is 4.91. The fraction of sp³-hybridized carbons (Fsp3) is 0. The van der Waals surface area contributed by atoms with Crippen LogP contribution < -0.4 is 9.80 Å². The van der Waals surface area contributed by atoms with Crippen LogP contribution in [0.25, 0.3) is 77.2 Å². The Morgan fingerprint density at radius 3 is 0.900 bits per heavy atom. The highest BCUT2D eigenvalue weighted by Gasteiger charge is 2.19. The van der Waals surface area contributed by atoms with Crippen LogP contribution in [-0.4, -0.2) is 0 Å². The lowest BCUT2D eigenvalue weighted by atomic mass is 9.90. The van der Waals surface area contributed by atoms with Gasteiger partial charge in [0, 0.05) is 34.1 Å². The largest absolute Gasteiger partial charge is 0.310 e. The molecule has 0 atom stereocenters. The molecule has 0 aromatic heterocycles. The first kappa shape index (κ1) is 42.1. The molecule has 0 aliphatic rings. The quantitative estimate of drug-likeness (QED) is 0.119. The molecule has 2 nitrogen and oxygen atoms in total. The van der Waals surface area contributed by atoms with Gasteiger partial charge < -0.3 is 9.80 Å². The molecule has 0 spiro atoms. The van der Waals surface area contributed by atoms with Crippen molar-refractivity contribution < 1.29 is 0 Å². The van der Waals surface area contributed by atoms with E-state index in [2.05, 4.69) is 301 Å². The fourth-order valence-corrected chi connectivity index (χ4v) is 10.0. The Morgan fingerprint density at radius 2 is 0.486 bits per heavy atom. The summed E-state index contributed by atoms with van der Waals surface area (Å²) in [6, 6.07) is 105. The van der Waals surface area contributed by atoms with E-state index in [-0.39, 0.29) is 0 Å². The zero-order valence-corrected chi connectivity index (χ0v) is 38.6. The minimum absolute atomic E-state index is 1.10. The molecule has 0 amide bonds. The van der Waals surface area contributed by atoms with Gasteiger partial charge in [-0.25, -0.2) is 0 Å². The van der Waals surface area contributed by atoms with Crippen molar-refractivity contribution >= 4 is 55.7 Å². The number of hydrogen-bond donors (Lipinski definition) is 0. The molecule has 70 heavy (non-hydrogen) atoms. The first-order valence-electron chi connectivity index (χ1n) is 24.0. The Hall–Kier alpha value is -9.24. The highest BCUT2D eigenvalue weighted by molar-refractivity contribution is 6.10. The molecule has 12 rings (SSSR count). The summed E-state index contributed by atoms with van der Waals surface area (Å²) in [5.41, 5.74) is 18.5. The Labute approximate surface area is 410 Å². The number of rotatable bonds is 11. The third-order valence-electron chi connectivity index (χ3n) is 13.4. The van der Waals surface area contributed by atoms with E-state index in [9.17, 15) is 0 Å². The van der Waals surface area contributed by atoms with E-state index >= 15 is 0 Å². The van der Waals surface area contributed by atoms with E-state index < -0.39 is 0 Å². The van der Waals surface area contributed by atoms with Gasteiger partial charge in [0.2, 0.25) is 0 Å². The lowest BCUT2D eigenvalue weighted by Crippen LogP contribution is -2.10. The fourth-order valence-electron chi connectivity index (χ4n) is 10.0. The molecule has 2 heteroatoms. The normalized spacial score (nSPS) is 11.1. The number of fused-ring (bicyclic) bond motifs is 3. The molecule has 0 saturated heterocycles. The first-order chi connectivity index (χ1) is 34.7. The van der Waals surface area contributed by atoms with Crippen LogP contribution in [0.15, 0.2) is 291 Å². The van der Waals surface area contributed by atoms with Crippen LogP contribution in [0.1, 0.15) is 0 Å². The zero-order valence-electron chi connectivity index (χ0n) is 38.6. The minimum atomic E-state index is 1.10. The van der Waals surface area contributed by atoms with E-state index in [0.717, 1.165) is 34.1 Å². The predicted molar refractivity (Wildman–Crippen MR) is 298 cm³/mol. The molecule has 0 saturated carbocycles. The molecular weight excluding hydrogens is 845 g/mol. The Balaban J connectivity index is 0.898. The summed E-state index contributed by atoms with van der Waals surface area (Å²) in [7, 11) is 0. The van der Waals surface area contributed by atoms with Gasteiger partial charge in [-0.05, 0) is 162 Å².